The summed E-state index contributed by atoms with van der Waals surface area (Å²) in [6, 6.07) is 0. The van der Waals surface area contributed by atoms with Crippen LogP contribution >= 0.6 is 11.6 Å². The quantitative estimate of drug-likeness (QED) is 0.354. The molecule has 0 rings (SSSR count). The van der Waals surface area contributed by atoms with E-state index in [-0.39, 0.29) is 5.70 Å². The van der Waals surface area contributed by atoms with Crippen molar-refractivity contribution in [3.05, 3.63) is 33.0 Å². The molecule has 0 saturated heterocycles. The van der Waals surface area contributed by atoms with Gasteiger partial charge in [-0.05, 0) is 13.0 Å². The van der Waals surface area contributed by atoms with Gasteiger partial charge in [0.05, 0.1) is 4.92 Å². The smallest absolute Gasteiger partial charge is 0.243 e. The molecule has 0 spiro atoms. The number of nitrogens with zero attached hydrogens (tertiary/aromatic N) is 1. The van der Waals surface area contributed by atoms with Crippen LogP contribution < -0.4 is 0 Å². The van der Waals surface area contributed by atoms with E-state index in [1.54, 1.807) is 6.92 Å². The predicted molar refractivity (Wildman–Crippen MR) is 40.4 cm³/mol. The third kappa shape index (κ3) is 4.09. The molecule has 0 fully saturated rings. The molecular weight excluding hydrogens is 154 g/mol. The lowest BCUT2D eigenvalue weighted by molar-refractivity contribution is -0.424. The maximum absolute atomic E-state index is 9.98. The van der Waals surface area contributed by atoms with Gasteiger partial charge in [-0.2, -0.15) is 0 Å². The second kappa shape index (κ2) is 4.06. The molecule has 0 aromatic carbocycles. The Morgan fingerprint density at radius 3 is 2.30 bits per heavy atom. The first-order valence-electron chi connectivity index (χ1n) is 2.69. The Hall–Kier alpha value is -0.830. The average molecular weight is 162 g/mol. The maximum Gasteiger partial charge on any atom is 0.243 e. The fraction of sp³-hybridized carbons (Fsp3) is 0.333. The Bertz CT molecular complexity index is 192. The van der Waals surface area contributed by atoms with E-state index in [0.717, 1.165) is 0 Å². The number of hydrogen-bond acceptors (Lipinski definition) is 2. The summed E-state index contributed by atoms with van der Waals surface area (Å²) >= 11 is 5.42. The van der Waals surface area contributed by atoms with Crippen molar-refractivity contribution in [2.24, 2.45) is 0 Å². The lowest BCUT2D eigenvalue weighted by atomic mass is 10.4. The third-order valence-corrected chi connectivity index (χ3v) is 0.968. The Kier molecular flexibility index (Phi) is 3.72. The van der Waals surface area contributed by atoms with Crippen LogP contribution in [0.4, 0.5) is 0 Å². The minimum atomic E-state index is -0.462. The summed E-state index contributed by atoms with van der Waals surface area (Å²) in [5.41, 5.74) is 0.0833. The van der Waals surface area contributed by atoms with Crippen LogP contribution in [0.3, 0.4) is 0 Å². The summed E-state index contributed by atoms with van der Waals surface area (Å²) in [4.78, 5) is 9.51. The fourth-order valence-corrected chi connectivity index (χ4v) is 0.359. The molecule has 0 aliphatic rings. The zero-order chi connectivity index (χ0) is 8.15. The highest BCUT2D eigenvalue weighted by Gasteiger charge is 1.97. The summed E-state index contributed by atoms with van der Waals surface area (Å²) in [6.07, 6.45) is 2.85. The molecule has 0 heterocycles. The van der Waals surface area contributed by atoms with Crippen molar-refractivity contribution in [3.8, 4) is 0 Å². The monoisotopic (exact) mass is 161 g/mol. The molecule has 0 aromatic rings. The molecule has 0 bridgehead atoms. The first-order valence-corrected chi connectivity index (χ1v) is 3.07. The van der Waals surface area contributed by atoms with E-state index < -0.39 is 4.92 Å². The van der Waals surface area contributed by atoms with Crippen molar-refractivity contribution in [3.63, 3.8) is 0 Å². The molecule has 0 radical (unpaired) electrons. The Labute approximate surface area is 64.1 Å². The molecule has 0 aromatic heterocycles. The first-order chi connectivity index (χ1) is 4.54. The SMILES string of the molecule is C/C(Cl)=C\C=C(/C)[N+](=O)[O-]. The van der Waals surface area contributed by atoms with Gasteiger partial charge in [-0.25, -0.2) is 0 Å². The topological polar surface area (TPSA) is 43.1 Å². The molecular formula is C6H8ClNO2. The number of halogens is 1. The molecule has 3 nitrogen and oxygen atoms in total. The summed E-state index contributed by atoms with van der Waals surface area (Å²) in [5, 5.41) is 10.5. The minimum Gasteiger partial charge on any atom is -0.259 e. The van der Waals surface area contributed by atoms with E-state index in [9.17, 15) is 10.1 Å². The highest BCUT2D eigenvalue weighted by Crippen LogP contribution is 2.00. The third-order valence-electron chi connectivity index (χ3n) is 0.842. The van der Waals surface area contributed by atoms with Crippen LogP contribution in [-0.4, -0.2) is 4.92 Å². The second-order valence-electron chi connectivity index (χ2n) is 1.82. The number of nitro groups is 1. The van der Waals surface area contributed by atoms with Crippen molar-refractivity contribution in [1.29, 1.82) is 0 Å². The number of hydrogen-bond donors (Lipinski definition) is 0. The summed E-state index contributed by atoms with van der Waals surface area (Å²) in [5.74, 6) is 0. The summed E-state index contributed by atoms with van der Waals surface area (Å²) in [6.45, 7) is 3.07. The van der Waals surface area contributed by atoms with E-state index >= 15 is 0 Å². The molecule has 0 aliphatic heterocycles. The van der Waals surface area contributed by atoms with Gasteiger partial charge in [0.15, 0.2) is 0 Å². The van der Waals surface area contributed by atoms with Crippen LogP contribution in [0.25, 0.3) is 0 Å². The van der Waals surface area contributed by atoms with Gasteiger partial charge < -0.3 is 0 Å². The summed E-state index contributed by atoms with van der Waals surface area (Å²) in [7, 11) is 0. The molecule has 56 valence electrons. The van der Waals surface area contributed by atoms with Gasteiger partial charge in [-0.1, -0.05) is 11.6 Å². The standard InChI is InChI=1S/C6H8ClNO2/c1-5(7)3-4-6(2)8(9)10/h3-4H,1-2H3/b5-3+,6-4+. The maximum atomic E-state index is 9.98. The Morgan fingerprint density at radius 1 is 1.50 bits per heavy atom. The van der Waals surface area contributed by atoms with E-state index in [1.165, 1.54) is 19.1 Å². The Balaban J connectivity index is 4.19. The van der Waals surface area contributed by atoms with Gasteiger partial charge in [-0.15, -0.1) is 0 Å². The van der Waals surface area contributed by atoms with Crippen LogP contribution in [-0.2, 0) is 0 Å². The number of allylic oxidation sites excluding steroid dienone is 4. The van der Waals surface area contributed by atoms with Crippen molar-refractivity contribution < 1.29 is 4.92 Å². The molecule has 0 saturated carbocycles. The predicted octanol–water partition coefficient (Wildman–Crippen LogP) is 2.31. The molecule has 4 heteroatoms. The Morgan fingerprint density at radius 2 is 2.00 bits per heavy atom. The zero-order valence-corrected chi connectivity index (χ0v) is 6.55. The minimum absolute atomic E-state index is 0.0833. The van der Waals surface area contributed by atoms with E-state index in [4.69, 9.17) is 11.6 Å². The van der Waals surface area contributed by atoms with Gasteiger partial charge in [0, 0.05) is 18.0 Å². The van der Waals surface area contributed by atoms with Crippen LogP contribution in [0.5, 0.6) is 0 Å². The molecule has 0 amide bonds. The van der Waals surface area contributed by atoms with Crippen LogP contribution in [0.1, 0.15) is 13.8 Å². The zero-order valence-electron chi connectivity index (χ0n) is 5.80. The van der Waals surface area contributed by atoms with Gasteiger partial charge in [0.1, 0.15) is 0 Å². The molecule has 0 N–H and O–H groups in total. The van der Waals surface area contributed by atoms with Crippen molar-refractivity contribution in [2.75, 3.05) is 0 Å². The average Bonchev–Trinajstić information content (AvgIpc) is 1.82. The second-order valence-corrected chi connectivity index (χ2v) is 2.41. The number of rotatable bonds is 2. The van der Waals surface area contributed by atoms with E-state index in [2.05, 4.69) is 0 Å². The van der Waals surface area contributed by atoms with E-state index in [1.807, 2.05) is 0 Å². The van der Waals surface area contributed by atoms with Crippen LogP contribution in [0.15, 0.2) is 22.9 Å². The lowest BCUT2D eigenvalue weighted by Gasteiger charge is -1.85. The molecule has 0 aliphatic carbocycles. The summed E-state index contributed by atoms with van der Waals surface area (Å²) < 4.78 is 0. The van der Waals surface area contributed by atoms with Crippen molar-refractivity contribution >= 4 is 11.6 Å². The van der Waals surface area contributed by atoms with Crippen molar-refractivity contribution in [2.45, 2.75) is 13.8 Å². The van der Waals surface area contributed by atoms with Crippen molar-refractivity contribution in [1.82, 2.24) is 0 Å². The first kappa shape index (κ1) is 9.17. The molecule has 0 unspecified atom stereocenters. The van der Waals surface area contributed by atoms with Gasteiger partial charge in [0.2, 0.25) is 5.70 Å². The van der Waals surface area contributed by atoms with Crippen LogP contribution in [0.2, 0.25) is 0 Å². The van der Waals surface area contributed by atoms with E-state index in [0.29, 0.717) is 5.03 Å². The highest BCUT2D eigenvalue weighted by atomic mass is 35.5. The van der Waals surface area contributed by atoms with Crippen LogP contribution in [0, 0.1) is 10.1 Å². The molecule has 10 heavy (non-hydrogen) atoms. The molecule has 0 atom stereocenters. The van der Waals surface area contributed by atoms with Gasteiger partial charge in [-0.3, -0.25) is 10.1 Å². The highest BCUT2D eigenvalue weighted by molar-refractivity contribution is 6.29. The van der Waals surface area contributed by atoms with Gasteiger partial charge in [0.25, 0.3) is 0 Å². The largest absolute Gasteiger partial charge is 0.259 e. The lowest BCUT2D eigenvalue weighted by Crippen LogP contribution is -1.91. The van der Waals surface area contributed by atoms with Gasteiger partial charge >= 0.3 is 0 Å². The fourth-order valence-electron chi connectivity index (χ4n) is 0.296. The normalized spacial score (nSPS) is 13.5.